The van der Waals surface area contributed by atoms with E-state index in [1.54, 1.807) is 12.5 Å². The van der Waals surface area contributed by atoms with Crippen molar-refractivity contribution in [1.29, 1.82) is 0 Å². The zero-order valence-electron chi connectivity index (χ0n) is 8.74. The molecule has 80 valence electrons. The number of pyridine rings is 1. The Morgan fingerprint density at radius 1 is 1.53 bits per heavy atom. The van der Waals surface area contributed by atoms with Crippen LogP contribution in [0.3, 0.4) is 0 Å². The van der Waals surface area contributed by atoms with Crippen LogP contribution in [0, 0.1) is 0 Å². The average molecular weight is 225 g/mol. The van der Waals surface area contributed by atoms with E-state index in [0.29, 0.717) is 6.54 Å². The lowest BCUT2D eigenvalue weighted by Gasteiger charge is -2.07. The van der Waals surface area contributed by atoms with Crippen molar-refractivity contribution in [3.63, 3.8) is 0 Å². The molecule has 1 N–H and O–H groups in total. The molecule has 1 atom stereocenters. The number of hydrogen-bond acceptors (Lipinski definition) is 3. The van der Waals surface area contributed by atoms with Gasteiger partial charge in [-0.15, -0.1) is 11.6 Å². The summed E-state index contributed by atoms with van der Waals surface area (Å²) in [6.07, 6.45) is 3.55. The van der Waals surface area contributed by atoms with Crippen molar-refractivity contribution in [2.75, 3.05) is 11.9 Å². The fourth-order valence-corrected chi connectivity index (χ4v) is 1.51. The number of aryl methyl sites for hydroxylation is 1. The van der Waals surface area contributed by atoms with Crippen LogP contribution in [-0.2, 0) is 7.05 Å². The molecular weight excluding hydrogens is 212 g/mol. The SMILES string of the molecule is CC(Cl)CNc1nccc2c1ncn2C. The van der Waals surface area contributed by atoms with E-state index in [-0.39, 0.29) is 5.38 Å². The summed E-state index contributed by atoms with van der Waals surface area (Å²) in [6.45, 7) is 2.62. The fourth-order valence-electron chi connectivity index (χ4n) is 1.43. The summed E-state index contributed by atoms with van der Waals surface area (Å²) in [5.74, 6) is 0.792. The molecule has 0 saturated heterocycles. The van der Waals surface area contributed by atoms with Crippen molar-refractivity contribution in [2.45, 2.75) is 12.3 Å². The predicted octanol–water partition coefficient (Wildman–Crippen LogP) is 2.01. The minimum atomic E-state index is 0.0748. The van der Waals surface area contributed by atoms with E-state index in [1.165, 1.54) is 0 Å². The first-order valence-electron chi connectivity index (χ1n) is 4.82. The Morgan fingerprint density at radius 3 is 3.07 bits per heavy atom. The van der Waals surface area contributed by atoms with Crippen LogP contribution >= 0.6 is 11.6 Å². The molecule has 4 nitrogen and oxygen atoms in total. The molecule has 0 aliphatic rings. The molecule has 2 aromatic rings. The zero-order valence-corrected chi connectivity index (χ0v) is 9.49. The second-order valence-corrected chi connectivity index (χ2v) is 4.29. The van der Waals surface area contributed by atoms with Crippen molar-refractivity contribution in [3.05, 3.63) is 18.6 Å². The van der Waals surface area contributed by atoms with Gasteiger partial charge in [0.2, 0.25) is 0 Å². The third-order valence-corrected chi connectivity index (χ3v) is 2.35. The van der Waals surface area contributed by atoms with Gasteiger partial charge in [0.1, 0.15) is 5.52 Å². The largest absolute Gasteiger partial charge is 0.367 e. The Kier molecular flexibility index (Phi) is 2.77. The minimum Gasteiger partial charge on any atom is -0.367 e. The van der Waals surface area contributed by atoms with Crippen molar-refractivity contribution in [3.8, 4) is 0 Å². The predicted molar refractivity (Wildman–Crippen MR) is 62.3 cm³/mol. The Labute approximate surface area is 93.3 Å². The number of anilines is 1. The topological polar surface area (TPSA) is 42.7 Å². The number of imidazole rings is 1. The molecule has 0 aliphatic carbocycles. The third kappa shape index (κ3) is 2.04. The molecule has 0 saturated carbocycles. The van der Waals surface area contributed by atoms with E-state index >= 15 is 0 Å². The van der Waals surface area contributed by atoms with Gasteiger partial charge in [0.25, 0.3) is 0 Å². The molecule has 1 unspecified atom stereocenters. The molecule has 0 bridgehead atoms. The van der Waals surface area contributed by atoms with Gasteiger partial charge < -0.3 is 9.88 Å². The second kappa shape index (κ2) is 4.06. The summed E-state index contributed by atoms with van der Waals surface area (Å²) in [4.78, 5) is 8.54. The summed E-state index contributed by atoms with van der Waals surface area (Å²) in [5, 5.41) is 3.26. The summed E-state index contributed by atoms with van der Waals surface area (Å²) >= 11 is 5.87. The van der Waals surface area contributed by atoms with Gasteiger partial charge in [-0.3, -0.25) is 0 Å². The number of alkyl halides is 1. The zero-order chi connectivity index (χ0) is 10.8. The first-order valence-corrected chi connectivity index (χ1v) is 5.26. The van der Waals surface area contributed by atoms with Gasteiger partial charge in [-0.1, -0.05) is 0 Å². The maximum absolute atomic E-state index is 5.87. The lowest BCUT2D eigenvalue weighted by Crippen LogP contribution is -2.11. The van der Waals surface area contributed by atoms with Gasteiger partial charge in [-0.25, -0.2) is 9.97 Å². The molecule has 2 rings (SSSR count). The van der Waals surface area contributed by atoms with Crippen molar-refractivity contribution in [1.82, 2.24) is 14.5 Å². The Morgan fingerprint density at radius 2 is 2.33 bits per heavy atom. The van der Waals surface area contributed by atoms with Gasteiger partial charge in [0.15, 0.2) is 5.82 Å². The Hall–Kier alpha value is -1.29. The first-order chi connectivity index (χ1) is 7.18. The summed E-state index contributed by atoms with van der Waals surface area (Å²) in [6, 6.07) is 1.94. The monoisotopic (exact) mass is 224 g/mol. The summed E-state index contributed by atoms with van der Waals surface area (Å²) in [5.41, 5.74) is 1.95. The molecule has 2 aromatic heterocycles. The molecule has 5 heteroatoms. The number of nitrogens with zero attached hydrogens (tertiary/aromatic N) is 3. The molecule has 0 aromatic carbocycles. The van der Waals surface area contributed by atoms with Gasteiger partial charge in [0.05, 0.1) is 11.8 Å². The van der Waals surface area contributed by atoms with Crippen LogP contribution < -0.4 is 5.32 Å². The van der Waals surface area contributed by atoms with Crippen molar-refractivity contribution >= 4 is 28.5 Å². The van der Waals surface area contributed by atoms with Crippen LogP contribution in [0.15, 0.2) is 18.6 Å². The van der Waals surface area contributed by atoms with Crippen molar-refractivity contribution < 1.29 is 0 Å². The van der Waals surface area contributed by atoms with E-state index in [2.05, 4.69) is 15.3 Å². The molecular formula is C10H13ClN4. The van der Waals surface area contributed by atoms with Gasteiger partial charge in [0, 0.05) is 25.2 Å². The first kappa shape index (κ1) is 10.2. The summed E-state index contributed by atoms with van der Waals surface area (Å²) in [7, 11) is 1.96. The number of fused-ring (bicyclic) bond motifs is 1. The van der Waals surface area contributed by atoms with Crippen molar-refractivity contribution in [2.24, 2.45) is 7.05 Å². The molecule has 2 heterocycles. The number of halogens is 1. The lowest BCUT2D eigenvalue weighted by atomic mass is 10.3. The Bertz CT molecular complexity index is 463. The molecule has 15 heavy (non-hydrogen) atoms. The maximum Gasteiger partial charge on any atom is 0.154 e. The fraction of sp³-hybridized carbons (Fsp3) is 0.400. The molecule has 0 spiro atoms. The highest BCUT2D eigenvalue weighted by Gasteiger charge is 2.06. The second-order valence-electron chi connectivity index (χ2n) is 3.54. The van der Waals surface area contributed by atoms with Gasteiger partial charge >= 0.3 is 0 Å². The number of nitrogens with one attached hydrogen (secondary N) is 1. The summed E-state index contributed by atoms with van der Waals surface area (Å²) < 4.78 is 1.96. The highest BCUT2D eigenvalue weighted by Crippen LogP contribution is 2.18. The smallest absolute Gasteiger partial charge is 0.154 e. The van der Waals surface area contributed by atoms with Gasteiger partial charge in [-0.05, 0) is 13.0 Å². The quantitative estimate of drug-likeness (QED) is 0.812. The number of aromatic nitrogens is 3. The molecule has 0 radical (unpaired) electrons. The standard InChI is InChI=1S/C10H13ClN4/c1-7(11)5-13-10-9-8(3-4-12-10)15(2)6-14-9/h3-4,6-7H,5H2,1-2H3,(H,12,13). The van der Waals surface area contributed by atoms with Gasteiger partial charge in [-0.2, -0.15) is 0 Å². The molecule has 0 aliphatic heterocycles. The van der Waals surface area contributed by atoms with Crippen LogP contribution in [0.4, 0.5) is 5.82 Å². The minimum absolute atomic E-state index is 0.0748. The molecule has 0 amide bonds. The maximum atomic E-state index is 5.87. The number of rotatable bonds is 3. The average Bonchev–Trinajstić information content (AvgIpc) is 2.58. The normalized spacial score (nSPS) is 13.0. The van der Waals surface area contributed by atoms with Crippen LogP contribution in [0.5, 0.6) is 0 Å². The van der Waals surface area contributed by atoms with E-state index < -0.39 is 0 Å². The Balaban J connectivity index is 2.34. The highest BCUT2D eigenvalue weighted by molar-refractivity contribution is 6.20. The van der Waals surface area contributed by atoms with Crippen LogP contribution in [-0.4, -0.2) is 26.5 Å². The van der Waals surface area contributed by atoms with Crippen LogP contribution in [0.25, 0.3) is 11.0 Å². The number of hydrogen-bond donors (Lipinski definition) is 1. The van der Waals surface area contributed by atoms with E-state index in [9.17, 15) is 0 Å². The highest BCUT2D eigenvalue weighted by atomic mass is 35.5. The van der Waals surface area contributed by atoms with E-state index in [4.69, 9.17) is 11.6 Å². The van der Waals surface area contributed by atoms with Crippen LogP contribution in [0.1, 0.15) is 6.92 Å². The lowest BCUT2D eigenvalue weighted by molar-refractivity contribution is 0.947. The third-order valence-electron chi connectivity index (χ3n) is 2.19. The van der Waals surface area contributed by atoms with E-state index in [1.807, 2.05) is 24.6 Å². The van der Waals surface area contributed by atoms with E-state index in [0.717, 1.165) is 16.9 Å². The molecule has 0 fully saturated rings. The van der Waals surface area contributed by atoms with Crippen LogP contribution in [0.2, 0.25) is 0 Å².